The van der Waals surface area contributed by atoms with Crippen molar-refractivity contribution < 1.29 is 14.3 Å². The van der Waals surface area contributed by atoms with E-state index in [1.165, 1.54) is 6.07 Å². The molecule has 0 heterocycles. The van der Waals surface area contributed by atoms with Crippen LogP contribution in [-0.4, -0.2) is 23.7 Å². The van der Waals surface area contributed by atoms with E-state index in [1.54, 1.807) is 18.2 Å². The molecule has 1 fully saturated rings. The molecule has 0 aliphatic heterocycles. The van der Waals surface area contributed by atoms with E-state index < -0.39 is 0 Å². The van der Waals surface area contributed by atoms with E-state index in [9.17, 15) is 9.18 Å². The second-order valence-electron chi connectivity index (χ2n) is 6.09. The van der Waals surface area contributed by atoms with Crippen LogP contribution in [0.1, 0.15) is 50.5 Å². The Hall–Kier alpha value is -1.42. The first kappa shape index (κ1) is 16.0. The Kier molecular flexibility index (Phi) is 5.74. The number of carbonyl (C=O) groups excluding carboxylic acids is 1. The number of aliphatic hydroxyl groups excluding tert-OH is 1. The summed E-state index contributed by atoms with van der Waals surface area (Å²) < 4.78 is 13.7. The molecule has 3 nitrogen and oxygen atoms in total. The van der Waals surface area contributed by atoms with Crippen LogP contribution < -0.4 is 5.32 Å². The van der Waals surface area contributed by atoms with Gasteiger partial charge in [0.05, 0.1) is 0 Å². The molecule has 0 saturated heterocycles. The van der Waals surface area contributed by atoms with Gasteiger partial charge in [-0.25, -0.2) is 4.39 Å². The van der Waals surface area contributed by atoms with Crippen LogP contribution in [0.15, 0.2) is 24.3 Å². The summed E-state index contributed by atoms with van der Waals surface area (Å²) in [4.78, 5) is 12.1. The average molecular weight is 293 g/mol. The second kappa shape index (κ2) is 7.55. The van der Waals surface area contributed by atoms with Gasteiger partial charge in [-0.15, -0.1) is 0 Å². The van der Waals surface area contributed by atoms with E-state index in [0.717, 1.165) is 25.7 Å². The molecule has 1 aromatic rings. The molecule has 0 spiro atoms. The summed E-state index contributed by atoms with van der Waals surface area (Å²) in [5.41, 5.74) is 0.594. The molecule has 1 amide bonds. The van der Waals surface area contributed by atoms with Gasteiger partial charge in [-0.2, -0.15) is 0 Å². The first-order chi connectivity index (χ1) is 10.1. The van der Waals surface area contributed by atoms with Crippen LogP contribution in [0, 0.1) is 11.7 Å². The smallest absolute Gasteiger partial charge is 0.220 e. The Morgan fingerprint density at radius 3 is 2.62 bits per heavy atom. The summed E-state index contributed by atoms with van der Waals surface area (Å²) in [6.45, 7) is 2.12. The normalized spacial score (nSPS) is 23.6. The number of carbonyl (C=O) groups is 1. The first-order valence-electron chi connectivity index (χ1n) is 7.74. The zero-order chi connectivity index (χ0) is 15.2. The molecule has 2 rings (SSSR count). The van der Waals surface area contributed by atoms with Crippen molar-refractivity contribution in [3.05, 3.63) is 35.6 Å². The van der Waals surface area contributed by atoms with Crippen LogP contribution in [0.25, 0.3) is 0 Å². The lowest BCUT2D eigenvalue weighted by Crippen LogP contribution is -2.38. The van der Waals surface area contributed by atoms with E-state index >= 15 is 0 Å². The van der Waals surface area contributed by atoms with Crippen LogP contribution in [0.5, 0.6) is 0 Å². The van der Waals surface area contributed by atoms with Crippen molar-refractivity contribution >= 4 is 5.91 Å². The van der Waals surface area contributed by atoms with Crippen LogP contribution in [0.2, 0.25) is 0 Å². The van der Waals surface area contributed by atoms with E-state index in [4.69, 9.17) is 5.11 Å². The first-order valence-corrected chi connectivity index (χ1v) is 7.74. The Labute approximate surface area is 125 Å². The Morgan fingerprint density at radius 1 is 1.33 bits per heavy atom. The fraction of sp³-hybridized carbons (Fsp3) is 0.588. The molecular weight excluding hydrogens is 269 g/mol. The highest BCUT2D eigenvalue weighted by Gasteiger charge is 2.23. The zero-order valence-electron chi connectivity index (χ0n) is 12.5. The third kappa shape index (κ3) is 4.53. The molecule has 21 heavy (non-hydrogen) atoms. The van der Waals surface area contributed by atoms with Crippen molar-refractivity contribution in [2.75, 3.05) is 6.61 Å². The molecule has 1 aromatic carbocycles. The van der Waals surface area contributed by atoms with Crippen LogP contribution >= 0.6 is 0 Å². The van der Waals surface area contributed by atoms with E-state index in [0.29, 0.717) is 17.9 Å². The van der Waals surface area contributed by atoms with Crippen molar-refractivity contribution in [2.24, 2.45) is 5.92 Å². The SMILES string of the molecule is CC(CC(=O)NC1CCC(CO)CC1)c1ccccc1F. The molecule has 4 heteroatoms. The molecule has 0 aromatic heterocycles. The number of aliphatic hydroxyl groups is 1. The lowest BCUT2D eigenvalue weighted by Gasteiger charge is -2.28. The topological polar surface area (TPSA) is 49.3 Å². The Bertz CT molecular complexity index is 470. The molecule has 1 atom stereocenters. The van der Waals surface area contributed by atoms with Crippen LogP contribution in [-0.2, 0) is 4.79 Å². The van der Waals surface area contributed by atoms with Crippen LogP contribution in [0.3, 0.4) is 0 Å². The van der Waals surface area contributed by atoms with E-state index in [-0.39, 0.29) is 30.3 Å². The van der Waals surface area contributed by atoms with Gasteiger partial charge in [0.2, 0.25) is 5.91 Å². The summed E-state index contributed by atoms with van der Waals surface area (Å²) in [6.07, 6.45) is 4.07. The predicted octanol–water partition coefficient (Wildman–Crippen LogP) is 2.99. The lowest BCUT2D eigenvalue weighted by atomic mass is 9.86. The van der Waals surface area contributed by atoms with E-state index in [1.807, 2.05) is 6.92 Å². The van der Waals surface area contributed by atoms with Gasteiger partial charge in [-0.3, -0.25) is 4.79 Å². The number of hydrogen-bond acceptors (Lipinski definition) is 2. The molecular formula is C17H24FNO2. The molecule has 116 valence electrons. The number of benzene rings is 1. The van der Waals surface area contributed by atoms with Crippen LogP contribution in [0.4, 0.5) is 4.39 Å². The summed E-state index contributed by atoms with van der Waals surface area (Å²) in [6, 6.07) is 6.82. The van der Waals surface area contributed by atoms with Crippen molar-refractivity contribution in [3.8, 4) is 0 Å². The van der Waals surface area contributed by atoms with Gasteiger partial charge in [0.15, 0.2) is 0 Å². The van der Waals surface area contributed by atoms with Gasteiger partial charge in [-0.05, 0) is 49.1 Å². The third-order valence-corrected chi connectivity index (χ3v) is 4.40. The van der Waals surface area contributed by atoms with E-state index in [2.05, 4.69) is 5.32 Å². The quantitative estimate of drug-likeness (QED) is 0.877. The minimum atomic E-state index is -0.249. The molecule has 1 unspecified atom stereocenters. The zero-order valence-corrected chi connectivity index (χ0v) is 12.5. The molecule has 1 aliphatic carbocycles. The third-order valence-electron chi connectivity index (χ3n) is 4.40. The van der Waals surface area contributed by atoms with Gasteiger partial charge < -0.3 is 10.4 Å². The number of rotatable bonds is 5. The minimum absolute atomic E-state index is 0.0156. The molecule has 2 N–H and O–H groups in total. The highest BCUT2D eigenvalue weighted by atomic mass is 19.1. The standard InChI is InChI=1S/C17H24FNO2/c1-12(15-4-2-3-5-16(15)18)10-17(21)19-14-8-6-13(11-20)7-9-14/h2-5,12-14,20H,6-11H2,1H3,(H,19,21). The summed E-state index contributed by atoms with van der Waals surface area (Å²) in [5.74, 6) is -0.00470. The maximum atomic E-state index is 13.7. The highest BCUT2D eigenvalue weighted by molar-refractivity contribution is 5.77. The van der Waals surface area contributed by atoms with Gasteiger partial charge in [0, 0.05) is 19.1 Å². The molecule has 0 radical (unpaired) electrons. The van der Waals surface area contributed by atoms with Gasteiger partial charge in [-0.1, -0.05) is 25.1 Å². The van der Waals surface area contributed by atoms with Gasteiger partial charge in [0.1, 0.15) is 5.82 Å². The number of amides is 1. The molecule has 1 saturated carbocycles. The predicted molar refractivity (Wildman–Crippen MR) is 80.4 cm³/mol. The largest absolute Gasteiger partial charge is 0.396 e. The van der Waals surface area contributed by atoms with Crippen molar-refractivity contribution in [2.45, 2.75) is 51.0 Å². The maximum absolute atomic E-state index is 13.7. The fourth-order valence-corrected chi connectivity index (χ4v) is 3.04. The Balaban J connectivity index is 1.81. The molecule has 0 bridgehead atoms. The second-order valence-corrected chi connectivity index (χ2v) is 6.09. The van der Waals surface area contributed by atoms with Crippen molar-refractivity contribution in [1.82, 2.24) is 5.32 Å². The number of hydrogen-bond donors (Lipinski definition) is 2. The molecule has 1 aliphatic rings. The van der Waals surface area contributed by atoms with Gasteiger partial charge >= 0.3 is 0 Å². The highest BCUT2D eigenvalue weighted by Crippen LogP contribution is 2.25. The van der Waals surface area contributed by atoms with Crippen molar-refractivity contribution in [1.29, 1.82) is 0 Å². The monoisotopic (exact) mass is 293 g/mol. The van der Waals surface area contributed by atoms with Gasteiger partial charge in [0.25, 0.3) is 0 Å². The minimum Gasteiger partial charge on any atom is -0.396 e. The average Bonchev–Trinajstić information content (AvgIpc) is 2.48. The summed E-state index contributed by atoms with van der Waals surface area (Å²) in [5, 5.41) is 12.1. The number of halogens is 1. The van der Waals surface area contributed by atoms with Crippen molar-refractivity contribution in [3.63, 3.8) is 0 Å². The lowest BCUT2D eigenvalue weighted by molar-refractivity contribution is -0.122. The fourth-order valence-electron chi connectivity index (χ4n) is 3.04. The number of nitrogens with one attached hydrogen (secondary N) is 1. The summed E-state index contributed by atoms with van der Waals surface area (Å²) >= 11 is 0. The summed E-state index contributed by atoms with van der Waals surface area (Å²) in [7, 11) is 0. The maximum Gasteiger partial charge on any atom is 0.220 e. The Morgan fingerprint density at radius 2 is 2.00 bits per heavy atom.